The fourth-order valence-electron chi connectivity index (χ4n) is 0. The van der Waals surface area contributed by atoms with Crippen LogP contribution in [0.5, 0.6) is 0 Å². The van der Waals surface area contributed by atoms with E-state index in [2.05, 4.69) is 11.5 Å². The number of hydrogen-bond acceptors (Lipinski definition) is 3. The quantitative estimate of drug-likeness (QED) is 0.391. The first-order valence-electron chi connectivity index (χ1n) is 1.69. The summed E-state index contributed by atoms with van der Waals surface area (Å²) in [4.78, 5) is 17.9. The van der Waals surface area contributed by atoms with Gasteiger partial charge in [-0.25, -0.2) is 4.79 Å². The van der Waals surface area contributed by atoms with Crippen molar-refractivity contribution in [3.8, 4) is 0 Å². The van der Waals surface area contributed by atoms with Crippen LogP contribution in [0.25, 0.3) is 0 Å². The van der Waals surface area contributed by atoms with Crippen LogP contribution in [0.3, 0.4) is 0 Å². The number of carboxylic acids is 1. The summed E-state index contributed by atoms with van der Waals surface area (Å²) in [5, 5.41) is 8.89. The molecule has 48 valence electrons. The van der Waals surface area contributed by atoms with Gasteiger partial charge in [0.1, 0.15) is 0 Å². The monoisotopic (exact) mass is 183 g/mol. The van der Waals surface area contributed by atoms with Gasteiger partial charge < -0.3 is 21.4 Å². The molecule has 0 aliphatic rings. The fraction of sp³-hybridized carbons (Fsp3) is 0.333. The van der Waals surface area contributed by atoms with E-state index in [1.165, 1.54) is 0 Å². The molecule has 0 rings (SSSR count). The fourth-order valence-corrected chi connectivity index (χ4v) is 0. The molecule has 4 N–H and O–H groups in total. The van der Waals surface area contributed by atoms with Crippen LogP contribution in [0.15, 0.2) is 0 Å². The Bertz CT molecular complexity index is 79.7. The van der Waals surface area contributed by atoms with E-state index in [1.54, 1.807) is 0 Å². The molecule has 0 aromatic rings. The van der Waals surface area contributed by atoms with Crippen molar-refractivity contribution in [1.29, 1.82) is 0 Å². The molecular weight excluding hydrogens is 176 g/mol. The van der Waals surface area contributed by atoms with E-state index >= 15 is 0 Å². The van der Waals surface area contributed by atoms with Crippen LogP contribution in [-0.4, -0.2) is 72.8 Å². The molecule has 10 heavy (non-hydrogen) atoms. The Kier molecular flexibility index (Phi) is 36.8. The zero-order valence-corrected chi connectivity index (χ0v) is 9.42. The average Bonchev–Trinajstić information content (AvgIpc) is 1.25. The maximum atomic E-state index is 9.00. The summed E-state index contributed by atoms with van der Waals surface area (Å²) >= 11 is 0. The predicted octanol–water partition coefficient (Wildman–Crippen LogP) is -2.98. The number of rotatable bonds is 0. The molecule has 5 nitrogen and oxygen atoms in total. The van der Waals surface area contributed by atoms with Gasteiger partial charge in [-0.1, -0.05) is 0 Å². The third kappa shape index (κ3) is 901. The van der Waals surface area contributed by atoms with Gasteiger partial charge in [0.2, 0.25) is 0 Å². The molecule has 0 unspecified atom stereocenters. The van der Waals surface area contributed by atoms with Crippen LogP contribution in [0, 0.1) is 0 Å². The van der Waals surface area contributed by atoms with E-state index in [4.69, 9.17) is 14.7 Å². The molecule has 0 aromatic carbocycles. The number of carboxylic acid groups (broad SMARTS) is 1. The number of primary amides is 2. The van der Waals surface area contributed by atoms with Crippen molar-refractivity contribution in [1.82, 2.24) is 0 Å². The van der Waals surface area contributed by atoms with Crippen LogP contribution in [-0.2, 0) is 4.79 Å². The van der Waals surface area contributed by atoms with Crippen LogP contribution in [0.1, 0.15) is 6.92 Å². The maximum Gasteiger partial charge on any atom is 2.00 e. The normalized spacial score (nSPS) is 4.90. The van der Waals surface area contributed by atoms with Crippen molar-refractivity contribution < 1.29 is 14.7 Å². The summed E-state index contributed by atoms with van der Waals surface area (Å²) in [6.07, 6.45) is 0. The molecule has 0 fully saturated rings. The van der Waals surface area contributed by atoms with E-state index in [0.29, 0.717) is 0 Å². The topological polar surface area (TPSA) is 109 Å². The summed E-state index contributed by atoms with van der Waals surface area (Å²) in [6.45, 7) is 0.972. The maximum absolute atomic E-state index is 9.00. The van der Waals surface area contributed by atoms with Crippen molar-refractivity contribution in [2.24, 2.45) is 11.5 Å². The van der Waals surface area contributed by atoms with Gasteiger partial charge in [-0.15, -0.1) is 0 Å². The number of hydrogen-bond donors (Lipinski definition) is 2. The molecular formula is C3H7CaMgN2O3+3. The number of carbonyl (C=O) groups excluding carboxylic acids is 2. The second-order valence-corrected chi connectivity index (χ2v) is 0.894. The average molecular weight is 183 g/mol. The van der Waals surface area contributed by atoms with Gasteiger partial charge in [0.05, 0.1) is 0 Å². The second kappa shape index (κ2) is 16.4. The third-order valence-corrected chi connectivity index (χ3v) is 0. The standard InChI is InChI=1S/C2H4O2.CH4N2O.Ca.Mg/c1-2(3)4;2-1(3)4;;/h1H3,(H,3,4);(H4,2,3,4);;/q;;2*+2/p-1. The zero-order valence-electron chi connectivity index (χ0n) is 5.79. The van der Waals surface area contributed by atoms with Gasteiger partial charge in [0, 0.05) is 5.97 Å². The van der Waals surface area contributed by atoms with Gasteiger partial charge in [0.15, 0.2) is 0 Å². The first-order valence-corrected chi connectivity index (χ1v) is 1.69. The molecule has 0 saturated carbocycles. The van der Waals surface area contributed by atoms with Gasteiger partial charge in [0.25, 0.3) is 0 Å². The second-order valence-electron chi connectivity index (χ2n) is 0.894. The Balaban J connectivity index is -0.0000000300. The minimum atomic E-state index is -1.08. The minimum Gasteiger partial charge on any atom is -0.550 e. The Labute approximate surface area is 105 Å². The van der Waals surface area contributed by atoms with Crippen molar-refractivity contribution in [3.63, 3.8) is 0 Å². The summed E-state index contributed by atoms with van der Waals surface area (Å²) in [7, 11) is 0. The number of nitrogens with two attached hydrogens (primary N) is 2. The van der Waals surface area contributed by atoms with E-state index in [9.17, 15) is 0 Å². The number of amides is 2. The van der Waals surface area contributed by atoms with E-state index < -0.39 is 12.0 Å². The number of aliphatic carboxylic acids is 1. The predicted molar refractivity (Wildman–Crippen MR) is 36.0 cm³/mol. The molecule has 0 saturated heterocycles. The van der Waals surface area contributed by atoms with Gasteiger partial charge >= 0.3 is 66.8 Å². The van der Waals surface area contributed by atoms with Crippen molar-refractivity contribution in [2.45, 2.75) is 6.92 Å². The van der Waals surface area contributed by atoms with E-state index in [0.717, 1.165) is 6.92 Å². The van der Waals surface area contributed by atoms with Crippen molar-refractivity contribution >= 4 is 72.8 Å². The Morgan fingerprint density at radius 1 is 1.30 bits per heavy atom. The molecule has 0 atom stereocenters. The zero-order chi connectivity index (χ0) is 7.15. The molecule has 0 radical (unpaired) electrons. The Morgan fingerprint density at radius 3 is 1.30 bits per heavy atom. The van der Waals surface area contributed by atoms with Gasteiger partial charge in [-0.05, 0) is 6.92 Å². The van der Waals surface area contributed by atoms with E-state index in [-0.39, 0.29) is 60.8 Å². The summed E-state index contributed by atoms with van der Waals surface area (Å²) in [5.41, 5.74) is 8.50. The van der Waals surface area contributed by atoms with Gasteiger partial charge in [-0.3, -0.25) is 0 Å². The molecule has 0 heterocycles. The van der Waals surface area contributed by atoms with E-state index in [1.807, 2.05) is 0 Å². The van der Waals surface area contributed by atoms with Gasteiger partial charge in [-0.2, -0.15) is 0 Å². The largest absolute Gasteiger partial charge is 2.00 e. The Morgan fingerprint density at radius 2 is 1.30 bits per heavy atom. The first-order chi connectivity index (χ1) is 3.46. The smallest absolute Gasteiger partial charge is 0.550 e. The Hall–Kier alpha value is 0.766. The molecule has 0 spiro atoms. The molecule has 0 aliphatic carbocycles. The number of carbonyl (C=O) groups is 2. The summed E-state index contributed by atoms with van der Waals surface area (Å²) in [5.74, 6) is -1.08. The number of urea groups is 1. The van der Waals surface area contributed by atoms with Crippen LogP contribution >= 0.6 is 0 Å². The minimum absolute atomic E-state index is 0. The van der Waals surface area contributed by atoms with Crippen molar-refractivity contribution in [2.75, 3.05) is 0 Å². The molecule has 0 aromatic heterocycles. The SMILES string of the molecule is CC(=O)[O-].NC(N)=O.[Ca+2].[Mg+2]. The van der Waals surface area contributed by atoms with Crippen LogP contribution < -0.4 is 16.6 Å². The summed E-state index contributed by atoms with van der Waals surface area (Å²) in [6, 6.07) is -0.833. The first kappa shape index (κ1) is 22.4. The molecule has 7 heteroatoms. The molecule has 0 aliphatic heterocycles. The molecule has 2 amide bonds. The van der Waals surface area contributed by atoms with Crippen LogP contribution in [0.2, 0.25) is 0 Å². The third-order valence-electron chi connectivity index (χ3n) is 0. The van der Waals surface area contributed by atoms with Crippen molar-refractivity contribution in [3.05, 3.63) is 0 Å². The van der Waals surface area contributed by atoms with Crippen LogP contribution in [0.4, 0.5) is 4.79 Å². The summed E-state index contributed by atoms with van der Waals surface area (Å²) < 4.78 is 0. The molecule has 0 bridgehead atoms.